The molecule has 6 nitrogen and oxygen atoms in total. The van der Waals surface area contributed by atoms with Crippen molar-refractivity contribution in [1.82, 2.24) is 0 Å². The second kappa shape index (κ2) is 9.73. The summed E-state index contributed by atoms with van der Waals surface area (Å²) in [6, 6.07) is 15.7. The quantitative estimate of drug-likeness (QED) is 0.422. The lowest BCUT2D eigenvalue weighted by Gasteiger charge is -2.39. The molecule has 0 amide bonds. The molecule has 1 heterocycles. The Bertz CT molecular complexity index is 1180. The van der Waals surface area contributed by atoms with Crippen LogP contribution >= 0.6 is 0 Å². The molecular formula is C25H23F3O6. The predicted molar refractivity (Wildman–Crippen MR) is 119 cm³/mol. The zero-order valence-electron chi connectivity index (χ0n) is 17.8. The molecule has 0 unspecified atom stereocenters. The van der Waals surface area contributed by atoms with E-state index in [9.17, 15) is 33.6 Å². The average molecular weight is 476 g/mol. The van der Waals surface area contributed by atoms with Crippen LogP contribution in [0.4, 0.5) is 13.2 Å². The van der Waals surface area contributed by atoms with Crippen LogP contribution in [0.5, 0.6) is 5.75 Å². The standard InChI is InChI=1S/C25H23F3O6/c26-25(27,28)18-8-4-3-5-14(18)9-10-17-11-15-6-1-2-7-16(15)12-19(17)33-24-23(32)22(31)21(30)20(13-29)34-24/h1-12,20-24,29-32H,13H2/b10-9+/t20-,21-,22+,23-,24-/m1/s1. The molecule has 4 N–H and O–H groups in total. The van der Waals surface area contributed by atoms with E-state index < -0.39 is 49.1 Å². The molecular weight excluding hydrogens is 453 g/mol. The number of benzene rings is 3. The van der Waals surface area contributed by atoms with E-state index in [1.807, 2.05) is 18.2 Å². The molecule has 0 aromatic heterocycles. The number of alkyl halides is 3. The Morgan fingerprint density at radius 2 is 1.44 bits per heavy atom. The van der Waals surface area contributed by atoms with Gasteiger partial charge in [-0.1, -0.05) is 54.6 Å². The molecule has 1 aliphatic heterocycles. The van der Waals surface area contributed by atoms with Crippen LogP contribution in [-0.2, 0) is 10.9 Å². The normalized spacial score (nSPS) is 25.7. The summed E-state index contributed by atoms with van der Waals surface area (Å²) in [7, 11) is 0. The van der Waals surface area contributed by atoms with Gasteiger partial charge in [-0.05, 0) is 34.5 Å². The summed E-state index contributed by atoms with van der Waals surface area (Å²) < 4.78 is 51.4. The minimum Gasteiger partial charge on any atom is -0.461 e. The Balaban J connectivity index is 1.73. The Kier molecular flexibility index (Phi) is 6.92. The molecule has 1 aliphatic rings. The maximum absolute atomic E-state index is 13.4. The van der Waals surface area contributed by atoms with E-state index in [-0.39, 0.29) is 11.3 Å². The zero-order chi connectivity index (χ0) is 24.5. The summed E-state index contributed by atoms with van der Waals surface area (Å²) in [5.41, 5.74) is -0.432. The molecule has 9 heteroatoms. The lowest BCUT2D eigenvalue weighted by molar-refractivity contribution is -0.277. The third-order valence-corrected chi connectivity index (χ3v) is 5.68. The van der Waals surface area contributed by atoms with Crippen LogP contribution in [0.3, 0.4) is 0 Å². The van der Waals surface area contributed by atoms with Crippen molar-refractivity contribution in [3.05, 3.63) is 77.4 Å². The van der Waals surface area contributed by atoms with Gasteiger partial charge in [-0.15, -0.1) is 0 Å². The van der Waals surface area contributed by atoms with Crippen molar-refractivity contribution >= 4 is 22.9 Å². The Hall–Kier alpha value is -2.95. The second-order valence-electron chi connectivity index (χ2n) is 7.97. The Morgan fingerprint density at radius 3 is 2.12 bits per heavy atom. The van der Waals surface area contributed by atoms with Crippen molar-refractivity contribution in [2.24, 2.45) is 0 Å². The summed E-state index contributed by atoms with van der Waals surface area (Å²) in [5.74, 6) is 0.170. The highest BCUT2D eigenvalue weighted by atomic mass is 19.4. The molecule has 1 saturated heterocycles. The van der Waals surface area contributed by atoms with Gasteiger partial charge in [0.1, 0.15) is 30.2 Å². The van der Waals surface area contributed by atoms with Crippen LogP contribution in [-0.4, -0.2) is 57.7 Å². The SMILES string of the molecule is OC[C@H]1O[C@@H](Oc2cc3ccccc3cc2/C=C/c2ccccc2C(F)(F)F)[C@H](O)[C@@H](O)[C@@H]1O. The van der Waals surface area contributed by atoms with Gasteiger partial charge < -0.3 is 29.9 Å². The van der Waals surface area contributed by atoms with Gasteiger partial charge in [-0.2, -0.15) is 13.2 Å². The summed E-state index contributed by atoms with van der Waals surface area (Å²) >= 11 is 0. The summed E-state index contributed by atoms with van der Waals surface area (Å²) in [6.07, 6.45) is -9.17. The van der Waals surface area contributed by atoms with Crippen LogP contribution in [0, 0.1) is 0 Å². The first-order valence-corrected chi connectivity index (χ1v) is 10.5. The van der Waals surface area contributed by atoms with Gasteiger partial charge in [-0.3, -0.25) is 0 Å². The maximum Gasteiger partial charge on any atom is 0.416 e. The number of aliphatic hydroxyl groups excluding tert-OH is 4. The van der Waals surface area contributed by atoms with Gasteiger partial charge in [0.2, 0.25) is 6.29 Å². The molecule has 0 spiro atoms. The van der Waals surface area contributed by atoms with Gasteiger partial charge >= 0.3 is 6.18 Å². The van der Waals surface area contributed by atoms with Crippen molar-refractivity contribution in [2.75, 3.05) is 6.61 Å². The van der Waals surface area contributed by atoms with Crippen molar-refractivity contribution < 1.29 is 43.1 Å². The molecule has 34 heavy (non-hydrogen) atoms. The Morgan fingerprint density at radius 1 is 0.824 bits per heavy atom. The Labute approximate surface area is 193 Å². The molecule has 0 bridgehead atoms. The van der Waals surface area contributed by atoms with E-state index in [2.05, 4.69) is 0 Å². The highest BCUT2D eigenvalue weighted by Gasteiger charge is 2.44. The lowest BCUT2D eigenvalue weighted by Crippen LogP contribution is -2.60. The van der Waals surface area contributed by atoms with E-state index in [0.29, 0.717) is 5.56 Å². The van der Waals surface area contributed by atoms with Crippen LogP contribution in [0.15, 0.2) is 60.7 Å². The molecule has 3 aromatic rings. The minimum absolute atomic E-state index is 0.0399. The molecule has 0 aliphatic carbocycles. The van der Waals surface area contributed by atoms with E-state index >= 15 is 0 Å². The monoisotopic (exact) mass is 476 g/mol. The summed E-state index contributed by atoms with van der Waals surface area (Å²) in [5, 5.41) is 41.3. The van der Waals surface area contributed by atoms with Crippen LogP contribution in [0.1, 0.15) is 16.7 Å². The van der Waals surface area contributed by atoms with Crippen molar-refractivity contribution in [1.29, 1.82) is 0 Å². The second-order valence-corrected chi connectivity index (χ2v) is 7.97. The van der Waals surface area contributed by atoms with Crippen molar-refractivity contribution in [3.63, 3.8) is 0 Å². The van der Waals surface area contributed by atoms with Gasteiger partial charge in [0.05, 0.1) is 12.2 Å². The summed E-state index contributed by atoms with van der Waals surface area (Å²) in [6.45, 7) is -0.622. The third-order valence-electron chi connectivity index (χ3n) is 5.68. The fourth-order valence-electron chi connectivity index (χ4n) is 3.84. The van der Waals surface area contributed by atoms with Crippen LogP contribution in [0.2, 0.25) is 0 Å². The zero-order valence-corrected chi connectivity index (χ0v) is 17.8. The van der Waals surface area contributed by atoms with Gasteiger partial charge in [-0.25, -0.2) is 0 Å². The first kappa shape index (κ1) is 24.2. The molecule has 5 atom stereocenters. The minimum atomic E-state index is -4.53. The highest BCUT2D eigenvalue weighted by Crippen LogP contribution is 2.34. The number of hydrogen-bond donors (Lipinski definition) is 4. The maximum atomic E-state index is 13.4. The molecule has 4 rings (SSSR count). The number of fused-ring (bicyclic) bond motifs is 1. The average Bonchev–Trinajstić information content (AvgIpc) is 2.82. The number of rotatable bonds is 5. The van der Waals surface area contributed by atoms with E-state index in [0.717, 1.165) is 16.8 Å². The first-order chi connectivity index (χ1) is 16.2. The smallest absolute Gasteiger partial charge is 0.416 e. The van der Waals surface area contributed by atoms with Gasteiger partial charge in [0.25, 0.3) is 0 Å². The van der Waals surface area contributed by atoms with Gasteiger partial charge in [0.15, 0.2) is 0 Å². The molecule has 180 valence electrons. The molecule has 0 saturated carbocycles. The molecule has 1 fully saturated rings. The summed E-state index contributed by atoms with van der Waals surface area (Å²) in [4.78, 5) is 0. The molecule has 3 aromatic carbocycles. The lowest BCUT2D eigenvalue weighted by atomic mass is 9.99. The van der Waals surface area contributed by atoms with E-state index in [1.54, 1.807) is 18.2 Å². The third kappa shape index (κ3) is 4.94. The highest BCUT2D eigenvalue weighted by molar-refractivity contribution is 5.89. The fourth-order valence-corrected chi connectivity index (χ4v) is 3.84. The van der Waals surface area contributed by atoms with Crippen molar-refractivity contribution in [2.45, 2.75) is 36.9 Å². The first-order valence-electron chi connectivity index (χ1n) is 10.5. The van der Waals surface area contributed by atoms with Gasteiger partial charge in [0, 0.05) is 5.56 Å². The van der Waals surface area contributed by atoms with E-state index in [1.165, 1.54) is 30.4 Å². The number of aliphatic hydroxyl groups is 4. The number of hydrogen-bond acceptors (Lipinski definition) is 6. The number of ether oxygens (including phenoxy) is 2. The van der Waals surface area contributed by atoms with Crippen molar-refractivity contribution in [3.8, 4) is 5.75 Å². The fraction of sp³-hybridized carbons (Fsp3) is 0.280. The number of halogens is 3. The predicted octanol–water partition coefficient (Wildman–Crippen LogP) is 3.21. The topological polar surface area (TPSA) is 99.4 Å². The largest absolute Gasteiger partial charge is 0.461 e. The van der Waals surface area contributed by atoms with E-state index in [4.69, 9.17) is 9.47 Å². The van der Waals surface area contributed by atoms with Crippen LogP contribution in [0.25, 0.3) is 22.9 Å². The molecule has 0 radical (unpaired) electrons. The van der Waals surface area contributed by atoms with Crippen LogP contribution < -0.4 is 4.74 Å².